The number of nitrogens with zero attached hydrogens (tertiary/aromatic N) is 3. The van der Waals surface area contributed by atoms with Gasteiger partial charge in [-0.05, 0) is 146 Å². The second-order valence-corrected chi connectivity index (χ2v) is 19.9. The summed E-state index contributed by atoms with van der Waals surface area (Å²) < 4.78 is 61.1. The highest BCUT2D eigenvalue weighted by Crippen LogP contribution is 2.28. The molecule has 0 atom stereocenters. The van der Waals surface area contributed by atoms with Crippen LogP contribution >= 0.6 is 31.9 Å². The highest BCUT2D eigenvalue weighted by Gasteiger charge is 2.26. The van der Waals surface area contributed by atoms with E-state index < -0.39 is 48.2 Å². The van der Waals surface area contributed by atoms with Gasteiger partial charge in [0.25, 0.3) is 5.69 Å². The number of carbonyl (C=O) groups excluding carboxylic acids is 2. The molecule has 0 saturated carbocycles. The zero-order valence-corrected chi connectivity index (χ0v) is 39.3. The molecule has 0 fully saturated rings. The first-order valence-corrected chi connectivity index (χ1v) is 22.9. The van der Waals surface area contributed by atoms with Gasteiger partial charge in [0.15, 0.2) is 0 Å². The van der Waals surface area contributed by atoms with Gasteiger partial charge >= 0.3 is 12.1 Å². The minimum atomic E-state index is -3.83. The van der Waals surface area contributed by atoms with E-state index in [-0.39, 0.29) is 40.9 Å². The Bertz CT molecular complexity index is 2530. The lowest BCUT2D eigenvalue weighted by molar-refractivity contribution is -0.384. The van der Waals surface area contributed by atoms with Gasteiger partial charge in [-0.15, -0.1) is 0 Å². The highest BCUT2D eigenvalue weighted by molar-refractivity contribution is 9.10. The van der Waals surface area contributed by atoms with Crippen LogP contribution in [0, 0.1) is 10.1 Å². The molecule has 0 saturated heterocycles. The number of amides is 3. The third-order valence-corrected chi connectivity index (χ3v) is 12.7. The Kier molecular flexibility index (Phi) is 20.4. The van der Waals surface area contributed by atoms with Gasteiger partial charge in [-0.1, -0.05) is 19.6 Å². The van der Waals surface area contributed by atoms with E-state index in [4.69, 9.17) is 10.5 Å². The SMILES string of the molecule is C.CC(C)(C)NS(=O)(=O)c1cc(NC(=O)NCc2ccccn2)ccc1Br.CC(C)(C)NS(=O)(=O)c1cc(NC(=O)Oc2ccc([N+](=O)[O-])cc2)ccc1Br.NCc1ccccn1. The first-order chi connectivity index (χ1) is 28.9. The van der Waals surface area contributed by atoms with Crippen molar-refractivity contribution in [1.29, 1.82) is 0 Å². The minimum Gasteiger partial charge on any atom is -0.410 e. The lowest BCUT2D eigenvalue weighted by Gasteiger charge is -2.21. The summed E-state index contributed by atoms with van der Waals surface area (Å²) in [4.78, 5) is 42.2. The van der Waals surface area contributed by atoms with Crippen LogP contribution in [0.5, 0.6) is 5.75 Å². The van der Waals surface area contributed by atoms with E-state index >= 15 is 0 Å². The molecule has 3 amide bonds. The number of benzene rings is 3. The summed E-state index contributed by atoms with van der Waals surface area (Å²) in [5, 5.41) is 18.3. The smallest absolute Gasteiger partial charge is 0.410 e. The number of hydrogen-bond acceptors (Lipinski definition) is 12. The van der Waals surface area contributed by atoms with E-state index in [9.17, 15) is 36.5 Å². The molecule has 5 rings (SSSR count). The Morgan fingerprint density at radius 1 is 0.714 bits per heavy atom. The fourth-order valence-corrected chi connectivity index (χ4v) is 9.56. The normalized spacial score (nSPS) is 11.3. The Balaban J connectivity index is 0.000000363. The molecular formula is C41H51Br2N9O9S2. The predicted molar refractivity (Wildman–Crippen MR) is 250 cm³/mol. The summed E-state index contributed by atoms with van der Waals surface area (Å²) in [5.41, 5.74) is 6.06. The van der Waals surface area contributed by atoms with Crippen LogP contribution in [0.15, 0.2) is 128 Å². The van der Waals surface area contributed by atoms with Gasteiger partial charge in [0.2, 0.25) is 20.0 Å². The summed E-state index contributed by atoms with van der Waals surface area (Å²) in [6.45, 7) is 11.2. The van der Waals surface area contributed by atoms with E-state index in [0.29, 0.717) is 21.2 Å². The number of nitro groups is 1. The fourth-order valence-electron chi connectivity index (χ4n) is 4.74. The molecule has 2 heterocycles. The van der Waals surface area contributed by atoms with Crippen LogP contribution in [0.4, 0.5) is 26.7 Å². The quantitative estimate of drug-likeness (QED) is 0.0537. The van der Waals surface area contributed by atoms with Crippen LogP contribution in [-0.2, 0) is 33.1 Å². The minimum absolute atomic E-state index is 0. The molecule has 0 spiro atoms. The summed E-state index contributed by atoms with van der Waals surface area (Å²) in [6, 6.07) is 24.5. The van der Waals surface area contributed by atoms with Gasteiger partial charge in [0.05, 0.1) is 32.6 Å². The van der Waals surface area contributed by atoms with E-state index in [1.165, 1.54) is 48.5 Å². The van der Waals surface area contributed by atoms with E-state index in [0.717, 1.165) is 11.4 Å². The third kappa shape index (κ3) is 19.3. The number of halogens is 2. The predicted octanol–water partition coefficient (Wildman–Crippen LogP) is 8.46. The van der Waals surface area contributed by atoms with Gasteiger partial charge in [-0.25, -0.2) is 35.9 Å². The average molecular weight is 1040 g/mol. The number of nitro benzene ring substituents is 1. The molecule has 0 unspecified atom stereocenters. The molecule has 340 valence electrons. The van der Waals surface area contributed by atoms with Crippen molar-refractivity contribution in [3.8, 4) is 5.75 Å². The van der Waals surface area contributed by atoms with Crippen molar-refractivity contribution < 1.29 is 36.1 Å². The molecular weight excluding hydrogens is 986 g/mol. The Labute approximate surface area is 384 Å². The van der Waals surface area contributed by atoms with Gasteiger partial charge in [-0.3, -0.25) is 25.4 Å². The number of hydrogen-bond donors (Lipinski definition) is 6. The second kappa shape index (κ2) is 23.9. The van der Waals surface area contributed by atoms with Gasteiger partial charge in [0.1, 0.15) is 5.75 Å². The number of urea groups is 1. The lowest BCUT2D eigenvalue weighted by atomic mass is 10.1. The maximum Gasteiger partial charge on any atom is 0.417 e. The number of anilines is 2. The lowest BCUT2D eigenvalue weighted by Crippen LogP contribution is -2.40. The van der Waals surface area contributed by atoms with Gasteiger partial charge in [-0.2, -0.15) is 0 Å². The van der Waals surface area contributed by atoms with E-state index in [1.807, 2.05) is 24.3 Å². The van der Waals surface area contributed by atoms with Crippen molar-refractivity contribution in [2.45, 2.75) is 82.9 Å². The first kappa shape index (κ1) is 53.8. The molecule has 0 radical (unpaired) electrons. The molecule has 22 heteroatoms. The molecule has 0 aliphatic rings. The van der Waals surface area contributed by atoms with Crippen LogP contribution in [0.1, 0.15) is 60.4 Å². The maximum absolute atomic E-state index is 12.5. The molecule has 63 heavy (non-hydrogen) atoms. The molecule has 0 aliphatic carbocycles. The number of nitrogens with one attached hydrogen (secondary N) is 5. The fraction of sp³-hybridized carbons (Fsp3) is 0.268. The number of pyridine rings is 2. The molecule has 18 nitrogen and oxygen atoms in total. The van der Waals surface area contributed by atoms with Crippen molar-refractivity contribution in [1.82, 2.24) is 24.7 Å². The summed E-state index contributed by atoms with van der Waals surface area (Å²) in [7, 11) is -7.57. The maximum atomic E-state index is 12.5. The largest absolute Gasteiger partial charge is 0.417 e. The second-order valence-electron chi connectivity index (χ2n) is 14.9. The van der Waals surface area contributed by atoms with E-state index in [1.54, 1.807) is 78.2 Å². The van der Waals surface area contributed by atoms with Crippen molar-refractivity contribution in [3.63, 3.8) is 0 Å². The van der Waals surface area contributed by atoms with Crippen LogP contribution in [0.2, 0.25) is 0 Å². The van der Waals surface area contributed by atoms with Crippen molar-refractivity contribution in [3.05, 3.63) is 140 Å². The number of aromatic nitrogens is 2. The first-order valence-electron chi connectivity index (χ1n) is 18.3. The topological polar surface area (TPSA) is 267 Å². The van der Waals surface area contributed by atoms with E-state index in [2.05, 4.69) is 67.2 Å². The zero-order valence-electron chi connectivity index (χ0n) is 34.5. The Morgan fingerprint density at radius 3 is 1.57 bits per heavy atom. The third-order valence-electron chi connectivity index (χ3n) is 7.18. The summed E-state index contributed by atoms with van der Waals surface area (Å²) in [6.07, 6.45) is 2.51. The standard InChI is InChI=1S/C17H21BrN4O3S.C17H18BrN3O6S.C6H8N2.CH4/c1-17(2,3)22-26(24,25)15-10-12(7-8-14(15)18)21-16(23)20-11-13-6-4-5-9-19-13;1-17(2,3)20-28(25,26)15-10-11(4-9-14(15)18)19-16(22)27-13-7-5-12(6-8-13)21(23)24;7-5-6-3-1-2-4-8-6;/h4-10,22H,11H2,1-3H3,(H2,20,21,23);4-10,20H,1-3H3,(H,19,22);1-4H,5,7H2;1H4. The number of rotatable bonds is 11. The molecule has 5 aromatic rings. The Morgan fingerprint density at radius 2 is 1.17 bits per heavy atom. The molecule has 2 aromatic heterocycles. The molecule has 0 aliphatic heterocycles. The van der Waals surface area contributed by atoms with Gasteiger partial charge in [0, 0.05) is 62.5 Å². The Hall–Kier alpha value is -5.36. The number of sulfonamides is 2. The number of non-ortho nitro benzene ring substituents is 1. The summed E-state index contributed by atoms with van der Waals surface area (Å²) in [5.74, 6) is 0.0995. The monoisotopic (exact) mass is 1040 g/mol. The van der Waals surface area contributed by atoms with Crippen molar-refractivity contribution in [2.75, 3.05) is 10.6 Å². The number of nitrogens with two attached hydrogens (primary N) is 1. The number of ether oxygens (including phenoxy) is 1. The van der Waals surface area contributed by atoms with Crippen LogP contribution in [0.25, 0.3) is 0 Å². The van der Waals surface area contributed by atoms with Crippen LogP contribution in [-0.4, -0.2) is 54.9 Å². The van der Waals surface area contributed by atoms with Crippen LogP contribution in [0.3, 0.4) is 0 Å². The molecule has 7 N–H and O–H groups in total. The number of carbonyl (C=O) groups is 2. The van der Waals surface area contributed by atoms with Crippen molar-refractivity contribution >= 4 is 81.1 Å². The van der Waals surface area contributed by atoms with Gasteiger partial charge < -0.3 is 21.1 Å². The zero-order chi connectivity index (χ0) is 46.3. The molecule has 3 aromatic carbocycles. The highest BCUT2D eigenvalue weighted by atomic mass is 79.9. The van der Waals surface area contributed by atoms with Crippen LogP contribution < -0.4 is 35.9 Å². The summed E-state index contributed by atoms with van der Waals surface area (Å²) >= 11 is 6.44. The molecule has 0 bridgehead atoms. The van der Waals surface area contributed by atoms with Crippen molar-refractivity contribution in [2.24, 2.45) is 5.73 Å². The average Bonchev–Trinajstić information content (AvgIpc) is 3.18.